The van der Waals surface area contributed by atoms with E-state index in [-0.39, 0.29) is 5.41 Å². The summed E-state index contributed by atoms with van der Waals surface area (Å²) in [5, 5.41) is 0. The molecule has 2 rings (SSSR count). The van der Waals surface area contributed by atoms with Gasteiger partial charge in [-0.25, -0.2) is 4.98 Å². The quantitative estimate of drug-likeness (QED) is 0.737. The van der Waals surface area contributed by atoms with Crippen LogP contribution in [0.2, 0.25) is 0 Å². The van der Waals surface area contributed by atoms with Crippen LogP contribution in [0.5, 0.6) is 5.88 Å². The lowest BCUT2D eigenvalue weighted by Crippen LogP contribution is -2.39. The molecule has 0 saturated carbocycles. The monoisotopic (exact) mass is 322 g/mol. The number of rotatable bonds is 6. The van der Waals surface area contributed by atoms with Gasteiger partial charge in [-0.1, -0.05) is 27.7 Å². The summed E-state index contributed by atoms with van der Waals surface area (Å²) in [6.45, 7) is 15.2. The standard InChI is InChI=1S/C18H31N2OP/c1-6-16(22)14-12-15(18(3,4)5)17(19-13(14)2)21-11-10-20-8-7-9-20/h12,16H,6-11,22H2,1-5H3. The fourth-order valence-corrected chi connectivity index (χ4v) is 3.06. The Bertz CT molecular complexity index is 507. The van der Waals surface area contributed by atoms with Gasteiger partial charge in [0.25, 0.3) is 0 Å². The second-order valence-corrected chi connectivity index (χ2v) is 8.13. The van der Waals surface area contributed by atoms with Gasteiger partial charge in [0.05, 0.1) is 0 Å². The number of pyridine rings is 1. The Kier molecular flexibility index (Phi) is 5.85. The molecule has 1 aromatic heterocycles. The number of aromatic nitrogens is 1. The van der Waals surface area contributed by atoms with Crippen molar-refractivity contribution >= 4 is 9.24 Å². The summed E-state index contributed by atoms with van der Waals surface area (Å²) in [5.41, 5.74) is 4.14. The van der Waals surface area contributed by atoms with Gasteiger partial charge in [0.1, 0.15) is 6.61 Å². The molecule has 0 spiro atoms. The maximum Gasteiger partial charge on any atom is 0.217 e. The first-order chi connectivity index (χ1) is 10.3. The van der Waals surface area contributed by atoms with Crippen molar-refractivity contribution in [3.8, 4) is 5.88 Å². The number of likely N-dealkylation sites (tertiary alicyclic amines) is 1. The zero-order chi connectivity index (χ0) is 16.3. The van der Waals surface area contributed by atoms with Gasteiger partial charge in [-0.05, 0) is 49.9 Å². The number of aryl methyl sites for hydroxylation is 1. The van der Waals surface area contributed by atoms with Crippen LogP contribution in [0.4, 0.5) is 0 Å². The minimum Gasteiger partial charge on any atom is -0.476 e. The maximum atomic E-state index is 6.06. The summed E-state index contributed by atoms with van der Waals surface area (Å²) in [7, 11) is 2.94. The van der Waals surface area contributed by atoms with E-state index >= 15 is 0 Å². The smallest absolute Gasteiger partial charge is 0.217 e. The molecule has 4 heteroatoms. The van der Waals surface area contributed by atoms with Gasteiger partial charge in [0.2, 0.25) is 5.88 Å². The molecule has 2 heterocycles. The highest BCUT2D eigenvalue weighted by Gasteiger charge is 2.24. The molecule has 124 valence electrons. The molecule has 0 aliphatic carbocycles. The summed E-state index contributed by atoms with van der Waals surface area (Å²) >= 11 is 0. The van der Waals surface area contributed by atoms with E-state index in [1.807, 2.05) is 0 Å². The van der Waals surface area contributed by atoms with E-state index in [1.54, 1.807) is 0 Å². The highest BCUT2D eigenvalue weighted by molar-refractivity contribution is 7.17. The van der Waals surface area contributed by atoms with Crippen LogP contribution in [0.3, 0.4) is 0 Å². The van der Waals surface area contributed by atoms with Crippen LogP contribution in [-0.4, -0.2) is 36.1 Å². The lowest BCUT2D eigenvalue weighted by Gasteiger charge is -2.31. The maximum absolute atomic E-state index is 6.06. The molecule has 22 heavy (non-hydrogen) atoms. The Morgan fingerprint density at radius 2 is 2.05 bits per heavy atom. The predicted molar refractivity (Wildman–Crippen MR) is 97.0 cm³/mol. The van der Waals surface area contributed by atoms with Gasteiger partial charge in [-0.15, -0.1) is 9.24 Å². The Labute approximate surface area is 138 Å². The van der Waals surface area contributed by atoms with Crippen molar-refractivity contribution in [2.24, 2.45) is 0 Å². The summed E-state index contributed by atoms with van der Waals surface area (Å²) in [4.78, 5) is 7.22. The average molecular weight is 322 g/mol. The number of ether oxygens (including phenoxy) is 1. The summed E-state index contributed by atoms with van der Waals surface area (Å²) in [6, 6.07) is 2.31. The van der Waals surface area contributed by atoms with Gasteiger partial charge in [0, 0.05) is 23.5 Å². The van der Waals surface area contributed by atoms with Crippen molar-refractivity contribution in [3.63, 3.8) is 0 Å². The predicted octanol–water partition coefficient (Wildman–Crippen LogP) is 4.10. The fourth-order valence-electron chi connectivity index (χ4n) is 2.72. The van der Waals surface area contributed by atoms with Crippen molar-refractivity contribution in [1.82, 2.24) is 9.88 Å². The third kappa shape index (κ3) is 4.20. The van der Waals surface area contributed by atoms with E-state index in [0.29, 0.717) is 5.66 Å². The van der Waals surface area contributed by atoms with Crippen LogP contribution >= 0.6 is 9.24 Å². The molecule has 0 radical (unpaired) electrons. The second kappa shape index (κ2) is 7.27. The Morgan fingerprint density at radius 3 is 2.55 bits per heavy atom. The molecule has 1 fully saturated rings. The van der Waals surface area contributed by atoms with E-state index in [4.69, 9.17) is 9.72 Å². The van der Waals surface area contributed by atoms with Crippen molar-refractivity contribution in [1.29, 1.82) is 0 Å². The van der Waals surface area contributed by atoms with E-state index in [1.165, 1.54) is 30.6 Å². The molecule has 2 unspecified atom stereocenters. The Hall–Kier alpha value is -0.660. The molecular weight excluding hydrogens is 291 g/mol. The van der Waals surface area contributed by atoms with Crippen LogP contribution in [-0.2, 0) is 5.41 Å². The van der Waals surface area contributed by atoms with E-state index in [2.05, 4.69) is 54.8 Å². The van der Waals surface area contributed by atoms with Crippen molar-refractivity contribution < 1.29 is 4.74 Å². The van der Waals surface area contributed by atoms with Crippen LogP contribution in [0.15, 0.2) is 6.07 Å². The van der Waals surface area contributed by atoms with Gasteiger partial charge in [0.15, 0.2) is 0 Å². The van der Waals surface area contributed by atoms with Crippen molar-refractivity contribution in [2.45, 2.75) is 58.5 Å². The second-order valence-electron chi connectivity index (χ2n) is 7.32. The molecule has 2 atom stereocenters. The van der Waals surface area contributed by atoms with E-state index in [0.717, 1.165) is 31.1 Å². The molecule has 1 aliphatic heterocycles. The molecule has 0 bridgehead atoms. The molecule has 1 aromatic rings. The minimum absolute atomic E-state index is 0.0413. The topological polar surface area (TPSA) is 25.4 Å². The van der Waals surface area contributed by atoms with E-state index < -0.39 is 0 Å². The highest BCUT2D eigenvalue weighted by Crippen LogP contribution is 2.36. The molecule has 3 nitrogen and oxygen atoms in total. The third-order valence-electron chi connectivity index (χ3n) is 4.46. The summed E-state index contributed by atoms with van der Waals surface area (Å²) in [6.07, 6.45) is 2.43. The van der Waals surface area contributed by atoms with Crippen molar-refractivity contribution in [3.05, 3.63) is 22.9 Å². The minimum atomic E-state index is 0.0413. The van der Waals surface area contributed by atoms with Crippen LogP contribution < -0.4 is 4.74 Å². The van der Waals surface area contributed by atoms with Crippen molar-refractivity contribution in [2.75, 3.05) is 26.2 Å². The van der Waals surface area contributed by atoms with Crippen LogP contribution in [0.25, 0.3) is 0 Å². The van der Waals surface area contributed by atoms with Gasteiger partial charge in [-0.3, -0.25) is 4.90 Å². The fraction of sp³-hybridized carbons (Fsp3) is 0.722. The normalized spacial score (nSPS) is 17.2. The first kappa shape index (κ1) is 17.7. The van der Waals surface area contributed by atoms with Crippen LogP contribution in [0.1, 0.15) is 63.0 Å². The largest absolute Gasteiger partial charge is 0.476 e. The molecule has 1 aliphatic rings. The summed E-state index contributed by atoms with van der Waals surface area (Å²) in [5.74, 6) is 0.822. The number of nitrogens with zero attached hydrogens (tertiary/aromatic N) is 2. The van der Waals surface area contributed by atoms with Crippen LogP contribution in [0, 0.1) is 6.92 Å². The zero-order valence-electron chi connectivity index (χ0n) is 14.8. The SMILES string of the molecule is CCC(P)c1cc(C(C)(C)C)c(OCCN2CCC2)nc1C. The molecule has 1 saturated heterocycles. The number of hydrogen-bond acceptors (Lipinski definition) is 3. The Morgan fingerprint density at radius 1 is 1.36 bits per heavy atom. The summed E-state index contributed by atoms with van der Waals surface area (Å²) < 4.78 is 6.06. The first-order valence-corrected chi connectivity index (χ1v) is 9.12. The molecular formula is C18H31N2OP. The van der Waals surface area contributed by atoms with Gasteiger partial charge in [-0.2, -0.15) is 0 Å². The van der Waals surface area contributed by atoms with E-state index in [9.17, 15) is 0 Å². The molecule has 0 N–H and O–H groups in total. The average Bonchev–Trinajstić information content (AvgIpc) is 2.39. The lowest BCUT2D eigenvalue weighted by molar-refractivity contribution is 0.144. The molecule has 0 aromatic carbocycles. The van der Waals surface area contributed by atoms with Gasteiger partial charge >= 0.3 is 0 Å². The number of hydrogen-bond donors (Lipinski definition) is 0. The first-order valence-electron chi connectivity index (χ1n) is 8.45. The Balaban J connectivity index is 2.20. The third-order valence-corrected chi connectivity index (χ3v) is 5.29. The van der Waals surface area contributed by atoms with Gasteiger partial charge < -0.3 is 4.74 Å². The lowest BCUT2D eigenvalue weighted by atomic mass is 9.86. The highest BCUT2D eigenvalue weighted by atomic mass is 31.0. The zero-order valence-corrected chi connectivity index (χ0v) is 15.9. The molecule has 0 amide bonds.